The number of ether oxygens (including phenoxy) is 1. The SMILES string of the molecule is CCOC(=O)c1oc2ccc(SN(CCc3ccccc3)Cc3ccc(C)cc3)cc2c1C. The fourth-order valence-electron chi connectivity index (χ4n) is 3.75. The number of hydrogen-bond donors (Lipinski definition) is 0. The number of carbonyl (C=O) groups is 1. The molecule has 0 amide bonds. The molecule has 0 bridgehead atoms. The Morgan fingerprint density at radius 2 is 1.73 bits per heavy atom. The molecule has 4 nitrogen and oxygen atoms in total. The highest BCUT2D eigenvalue weighted by Crippen LogP contribution is 2.32. The highest BCUT2D eigenvalue weighted by molar-refractivity contribution is 7.97. The van der Waals surface area contributed by atoms with Crippen molar-refractivity contribution in [2.75, 3.05) is 13.2 Å². The van der Waals surface area contributed by atoms with Crippen molar-refractivity contribution in [1.82, 2.24) is 4.31 Å². The summed E-state index contributed by atoms with van der Waals surface area (Å²) in [6, 6.07) is 25.4. The maximum absolute atomic E-state index is 12.2. The zero-order chi connectivity index (χ0) is 23.2. The largest absolute Gasteiger partial charge is 0.460 e. The first-order valence-electron chi connectivity index (χ1n) is 11.3. The number of hydrogen-bond acceptors (Lipinski definition) is 5. The molecular weight excluding hydrogens is 430 g/mol. The number of aryl methyl sites for hydroxylation is 2. The average Bonchev–Trinajstić information content (AvgIpc) is 3.16. The third-order valence-corrected chi connectivity index (χ3v) is 6.61. The lowest BCUT2D eigenvalue weighted by molar-refractivity contribution is 0.0491. The number of fused-ring (bicyclic) bond motifs is 1. The lowest BCUT2D eigenvalue weighted by Crippen LogP contribution is -2.18. The standard InChI is InChI=1S/C28H29NO3S/c1-4-31-28(30)27-21(3)25-18-24(14-15-26(25)32-27)33-29(17-16-22-8-6-5-7-9-22)19-23-12-10-20(2)11-13-23/h5-15,18H,4,16-17,19H2,1-3H3. The summed E-state index contributed by atoms with van der Waals surface area (Å²) in [7, 11) is 0. The Morgan fingerprint density at radius 1 is 0.970 bits per heavy atom. The molecule has 0 aliphatic heterocycles. The van der Waals surface area contributed by atoms with Gasteiger partial charge in [0.05, 0.1) is 6.61 Å². The number of esters is 1. The molecule has 0 atom stereocenters. The van der Waals surface area contributed by atoms with Crippen molar-refractivity contribution in [2.24, 2.45) is 0 Å². The van der Waals surface area contributed by atoms with Gasteiger partial charge in [0.25, 0.3) is 0 Å². The molecule has 4 rings (SSSR count). The van der Waals surface area contributed by atoms with Crippen molar-refractivity contribution in [1.29, 1.82) is 0 Å². The summed E-state index contributed by atoms with van der Waals surface area (Å²) in [6.45, 7) is 7.90. The second kappa shape index (κ2) is 10.7. The first-order chi connectivity index (χ1) is 16.0. The second-order valence-corrected chi connectivity index (χ2v) is 9.28. The summed E-state index contributed by atoms with van der Waals surface area (Å²) in [5.41, 5.74) is 5.40. The summed E-state index contributed by atoms with van der Waals surface area (Å²) in [4.78, 5) is 13.3. The maximum atomic E-state index is 12.2. The smallest absolute Gasteiger partial charge is 0.374 e. The van der Waals surface area contributed by atoms with E-state index in [0.717, 1.165) is 35.4 Å². The minimum Gasteiger partial charge on any atom is -0.460 e. The van der Waals surface area contributed by atoms with Crippen LogP contribution in [0.25, 0.3) is 11.0 Å². The number of rotatable bonds is 9. The minimum atomic E-state index is -0.413. The van der Waals surface area contributed by atoms with Crippen molar-refractivity contribution in [3.63, 3.8) is 0 Å². The fourth-order valence-corrected chi connectivity index (χ4v) is 4.74. The van der Waals surface area contributed by atoms with Crippen LogP contribution in [0, 0.1) is 13.8 Å². The molecular formula is C28H29NO3S. The van der Waals surface area contributed by atoms with Crippen LogP contribution < -0.4 is 0 Å². The predicted molar refractivity (Wildman–Crippen MR) is 134 cm³/mol. The van der Waals surface area contributed by atoms with Crippen LogP contribution in [0.4, 0.5) is 0 Å². The molecule has 33 heavy (non-hydrogen) atoms. The van der Waals surface area contributed by atoms with E-state index in [-0.39, 0.29) is 5.76 Å². The fraction of sp³-hybridized carbons (Fsp3) is 0.250. The lowest BCUT2D eigenvalue weighted by atomic mass is 10.1. The van der Waals surface area contributed by atoms with Crippen molar-refractivity contribution in [2.45, 2.75) is 38.6 Å². The van der Waals surface area contributed by atoms with E-state index in [4.69, 9.17) is 9.15 Å². The summed E-state index contributed by atoms with van der Waals surface area (Å²) in [5, 5.41) is 0.946. The van der Waals surface area contributed by atoms with E-state index in [1.807, 2.05) is 13.0 Å². The molecule has 1 heterocycles. The van der Waals surface area contributed by atoms with Crippen molar-refractivity contribution >= 4 is 28.9 Å². The number of nitrogens with zero attached hydrogens (tertiary/aromatic N) is 1. The van der Waals surface area contributed by atoms with Gasteiger partial charge >= 0.3 is 5.97 Å². The molecule has 0 N–H and O–H groups in total. The molecule has 0 aliphatic rings. The van der Waals surface area contributed by atoms with Crippen LogP contribution in [0.5, 0.6) is 0 Å². The van der Waals surface area contributed by atoms with Gasteiger partial charge in [-0.15, -0.1) is 0 Å². The molecule has 0 spiro atoms. The molecule has 0 aliphatic carbocycles. The van der Waals surface area contributed by atoms with Crippen LogP contribution in [0.1, 0.15) is 39.7 Å². The number of carbonyl (C=O) groups excluding carboxylic acids is 1. The first kappa shape index (κ1) is 23.1. The van der Waals surface area contributed by atoms with Gasteiger partial charge in [-0.2, -0.15) is 0 Å². The van der Waals surface area contributed by atoms with E-state index in [1.54, 1.807) is 18.9 Å². The monoisotopic (exact) mass is 459 g/mol. The van der Waals surface area contributed by atoms with E-state index in [9.17, 15) is 4.79 Å². The Labute approximate surface area is 199 Å². The first-order valence-corrected chi connectivity index (χ1v) is 12.0. The Morgan fingerprint density at radius 3 is 2.45 bits per heavy atom. The Kier molecular flexibility index (Phi) is 7.53. The third-order valence-electron chi connectivity index (χ3n) is 5.58. The van der Waals surface area contributed by atoms with Gasteiger partial charge in [-0.1, -0.05) is 60.2 Å². The summed E-state index contributed by atoms with van der Waals surface area (Å²) in [5.74, 6) is -0.126. The molecule has 0 fully saturated rings. The van der Waals surface area contributed by atoms with Crippen LogP contribution >= 0.6 is 11.9 Å². The maximum Gasteiger partial charge on any atom is 0.374 e. The van der Waals surface area contributed by atoms with Gasteiger partial charge in [0.1, 0.15) is 5.58 Å². The lowest BCUT2D eigenvalue weighted by Gasteiger charge is -2.21. The Bertz CT molecular complexity index is 1220. The molecule has 0 radical (unpaired) electrons. The molecule has 0 saturated heterocycles. The highest BCUT2D eigenvalue weighted by atomic mass is 32.2. The molecule has 0 unspecified atom stereocenters. The van der Waals surface area contributed by atoms with Gasteiger partial charge in [-0.25, -0.2) is 9.10 Å². The van der Waals surface area contributed by atoms with Crippen LogP contribution in [0.2, 0.25) is 0 Å². The number of benzene rings is 3. The Balaban J connectivity index is 1.56. The van der Waals surface area contributed by atoms with E-state index in [2.05, 4.69) is 78.0 Å². The molecule has 170 valence electrons. The van der Waals surface area contributed by atoms with Gasteiger partial charge in [-0.05, 0) is 68.5 Å². The van der Waals surface area contributed by atoms with Gasteiger partial charge in [0.2, 0.25) is 5.76 Å². The average molecular weight is 460 g/mol. The molecule has 3 aromatic carbocycles. The van der Waals surface area contributed by atoms with E-state index in [0.29, 0.717) is 12.2 Å². The van der Waals surface area contributed by atoms with Gasteiger partial charge in [0, 0.05) is 28.9 Å². The van der Waals surface area contributed by atoms with E-state index >= 15 is 0 Å². The quantitative estimate of drug-likeness (QED) is 0.200. The van der Waals surface area contributed by atoms with E-state index < -0.39 is 5.97 Å². The van der Waals surface area contributed by atoms with Crippen LogP contribution in [-0.4, -0.2) is 23.4 Å². The molecule has 5 heteroatoms. The van der Waals surface area contributed by atoms with Gasteiger partial charge in [0.15, 0.2) is 0 Å². The molecule has 0 saturated carbocycles. The Hall–Kier alpha value is -3.02. The normalized spacial score (nSPS) is 11.3. The van der Waals surface area contributed by atoms with Crippen molar-refractivity contribution in [3.05, 3.63) is 101 Å². The van der Waals surface area contributed by atoms with Gasteiger partial charge < -0.3 is 9.15 Å². The topological polar surface area (TPSA) is 42.7 Å². The highest BCUT2D eigenvalue weighted by Gasteiger charge is 2.19. The van der Waals surface area contributed by atoms with Crippen molar-refractivity contribution in [3.8, 4) is 0 Å². The number of furan rings is 1. The van der Waals surface area contributed by atoms with Gasteiger partial charge in [-0.3, -0.25) is 0 Å². The summed E-state index contributed by atoms with van der Waals surface area (Å²) >= 11 is 1.73. The third kappa shape index (κ3) is 5.86. The zero-order valence-electron chi connectivity index (χ0n) is 19.3. The second-order valence-electron chi connectivity index (χ2n) is 8.11. The van der Waals surface area contributed by atoms with Crippen molar-refractivity contribution < 1.29 is 13.9 Å². The van der Waals surface area contributed by atoms with Crippen LogP contribution in [0.15, 0.2) is 82.1 Å². The summed E-state index contributed by atoms with van der Waals surface area (Å²) in [6.07, 6.45) is 0.972. The summed E-state index contributed by atoms with van der Waals surface area (Å²) < 4.78 is 13.3. The van der Waals surface area contributed by atoms with Crippen LogP contribution in [-0.2, 0) is 17.7 Å². The minimum absolute atomic E-state index is 0.287. The zero-order valence-corrected chi connectivity index (χ0v) is 20.2. The van der Waals surface area contributed by atoms with E-state index in [1.165, 1.54) is 16.7 Å². The molecule has 4 aromatic rings. The van der Waals surface area contributed by atoms with Crippen LogP contribution in [0.3, 0.4) is 0 Å². The predicted octanol–water partition coefficient (Wildman–Crippen LogP) is 6.98. The molecule has 1 aromatic heterocycles.